The number of amides is 1. The van der Waals surface area contributed by atoms with Crippen molar-refractivity contribution in [2.75, 3.05) is 13.2 Å². The summed E-state index contributed by atoms with van der Waals surface area (Å²) in [5.74, 6) is -1.72. The first-order valence-corrected chi connectivity index (χ1v) is 6.96. The predicted molar refractivity (Wildman–Crippen MR) is 71.1 cm³/mol. The molecule has 1 atom stereocenters. The third kappa shape index (κ3) is 3.33. The Kier molecular flexibility index (Phi) is 5.06. The van der Waals surface area contributed by atoms with Crippen molar-refractivity contribution < 1.29 is 18.7 Å². The fraction of sp³-hybridized carbons (Fsp3) is 0.533. The third-order valence-corrected chi connectivity index (χ3v) is 3.80. The second-order valence-corrected chi connectivity index (χ2v) is 5.15. The molecule has 1 aliphatic heterocycles. The molecule has 1 heterocycles. The Hall–Kier alpha value is -1.49. The van der Waals surface area contributed by atoms with Gasteiger partial charge in [0.05, 0.1) is 19.1 Å². The lowest BCUT2D eigenvalue weighted by molar-refractivity contribution is -0.133. The van der Waals surface area contributed by atoms with Gasteiger partial charge in [-0.1, -0.05) is 18.9 Å². The van der Waals surface area contributed by atoms with Crippen LogP contribution in [0.4, 0.5) is 8.78 Å². The van der Waals surface area contributed by atoms with Gasteiger partial charge in [0.25, 0.3) is 0 Å². The SMILES string of the molecule is O=C(Cc1c(F)cccc1F)N1CCCCCC1CO. The van der Waals surface area contributed by atoms with Crippen LogP contribution in [0.5, 0.6) is 0 Å². The molecule has 0 radical (unpaired) electrons. The zero-order chi connectivity index (χ0) is 14.5. The molecule has 1 N–H and O–H groups in total. The number of aliphatic hydroxyl groups is 1. The minimum absolute atomic E-state index is 0.106. The number of likely N-dealkylation sites (tertiary alicyclic amines) is 1. The molecule has 1 aromatic rings. The van der Waals surface area contributed by atoms with Crippen molar-refractivity contribution in [1.82, 2.24) is 4.90 Å². The average Bonchev–Trinajstić information content (AvgIpc) is 2.68. The van der Waals surface area contributed by atoms with Gasteiger partial charge in [0.15, 0.2) is 0 Å². The summed E-state index contributed by atoms with van der Waals surface area (Å²) in [6, 6.07) is 3.34. The summed E-state index contributed by atoms with van der Waals surface area (Å²) in [5, 5.41) is 9.37. The van der Waals surface area contributed by atoms with Crippen LogP contribution in [0.2, 0.25) is 0 Å². The zero-order valence-electron chi connectivity index (χ0n) is 11.3. The quantitative estimate of drug-likeness (QED) is 0.924. The van der Waals surface area contributed by atoms with E-state index in [1.54, 1.807) is 4.90 Å². The molecule has 0 aromatic heterocycles. The molecule has 1 aliphatic rings. The molecule has 1 unspecified atom stereocenters. The van der Waals surface area contributed by atoms with Gasteiger partial charge in [0.1, 0.15) is 11.6 Å². The molecule has 110 valence electrons. The van der Waals surface area contributed by atoms with E-state index in [2.05, 4.69) is 0 Å². The number of carbonyl (C=O) groups excluding carboxylic acids is 1. The zero-order valence-corrected chi connectivity index (χ0v) is 11.3. The summed E-state index contributed by atoms with van der Waals surface area (Å²) < 4.78 is 27.2. The molecule has 3 nitrogen and oxygen atoms in total. The van der Waals surface area contributed by atoms with Crippen LogP contribution in [-0.4, -0.2) is 35.1 Å². The van der Waals surface area contributed by atoms with Crippen molar-refractivity contribution in [3.63, 3.8) is 0 Å². The fourth-order valence-electron chi connectivity index (χ4n) is 2.65. The van der Waals surface area contributed by atoms with Crippen LogP contribution >= 0.6 is 0 Å². The van der Waals surface area contributed by atoms with Crippen LogP contribution in [0.1, 0.15) is 31.2 Å². The van der Waals surface area contributed by atoms with E-state index in [0.29, 0.717) is 6.54 Å². The van der Waals surface area contributed by atoms with E-state index >= 15 is 0 Å². The van der Waals surface area contributed by atoms with E-state index in [-0.39, 0.29) is 30.5 Å². The molecule has 1 fully saturated rings. The molecule has 1 aromatic carbocycles. The van der Waals surface area contributed by atoms with E-state index in [1.165, 1.54) is 6.07 Å². The standard InChI is InChI=1S/C15H19F2NO2/c16-13-6-4-7-14(17)12(13)9-15(20)18-8-3-1-2-5-11(18)10-19/h4,6-7,11,19H,1-3,5,8-10H2. The predicted octanol–water partition coefficient (Wildman–Crippen LogP) is 2.27. The van der Waals surface area contributed by atoms with Gasteiger partial charge in [-0.25, -0.2) is 8.78 Å². The Morgan fingerprint density at radius 2 is 1.95 bits per heavy atom. The Morgan fingerprint density at radius 3 is 2.60 bits per heavy atom. The Labute approximate surface area is 117 Å². The lowest BCUT2D eigenvalue weighted by atomic mass is 10.1. The molecular weight excluding hydrogens is 264 g/mol. The number of hydrogen-bond acceptors (Lipinski definition) is 2. The molecule has 0 spiro atoms. The maximum atomic E-state index is 13.6. The van der Waals surface area contributed by atoms with Crippen molar-refractivity contribution >= 4 is 5.91 Å². The van der Waals surface area contributed by atoms with Crippen LogP contribution < -0.4 is 0 Å². The normalized spacial score (nSPS) is 19.8. The van der Waals surface area contributed by atoms with Gasteiger partial charge < -0.3 is 10.0 Å². The number of carbonyl (C=O) groups is 1. The fourth-order valence-corrected chi connectivity index (χ4v) is 2.65. The number of hydrogen-bond donors (Lipinski definition) is 1. The van der Waals surface area contributed by atoms with Crippen LogP contribution in [0.25, 0.3) is 0 Å². The number of nitrogens with zero attached hydrogens (tertiary/aromatic N) is 1. The summed E-state index contributed by atoms with van der Waals surface area (Å²) in [7, 11) is 0. The Morgan fingerprint density at radius 1 is 1.25 bits per heavy atom. The first kappa shape index (κ1) is 14.9. The molecule has 0 bridgehead atoms. The summed E-state index contributed by atoms with van der Waals surface area (Å²) in [5.41, 5.74) is -0.196. The topological polar surface area (TPSA) is 40.5 Å². The molecule has 20 heavy (non-hydrogen) atoms. The van der Waals surface area contributed by atoms with Gasteiger partial charge in [0, 0.05) is 12.1 Å². The first-order valence-electron chi connectivity index (χ1n) is 6.96. The number of benzene rings is 1. The summed E-state index contributed by atoms with van der Waals surface area (Å²) in [6.07, 6.45) is 3.27. The lowest BCUT2D eigenvalue weighted by Crippen LogP contribution is -2.43. The van der Waals surface area contributed by atoms with E-state index in [1.807, 2.05) is 0 Å². The van der Waals surface area contributed by atoms with Crippen LogP contribution in [0.3, 0.4) is 0 Å². The molecule has 1 amide bonds. The summed E-state index contributed by atoms with van der Waals surface area (Å²) in [6.45, 7) is 0.436. The molecule has 0 saturated carbocycles. The molecule has 2 rings (SSSR count). The number of halogens is 2. The van der Waals surface area contributed by atoms with Crippen molar-refractivity contribution in [3.8, 4) is 0 Å². The minimum atomic E-state index is -0.700. The second-order valence-electron chi connectivity index (χ2n) is 5.15. The van der Waals surface area contributed by atoms with Crippen LogP contribution in [0, 0.1) is 11.6 Å². The highest BCUT2D eigenvalue weighted by Crippen LogP contribution is 2.19. The maximum Gasteiger partial charge on any atom is 0.227 e. The van der Waals surface area contributed by atoms with Crippen LogP contribution in [-0.2, 0) is 11.2 Å². The smallest absolute Gasteiger partial charge is 0.227 e. The number of rotatable bonds is 3. The largest absolute Gasteiger partial charge is 0.394 e. The van der Waals surface area contributed by atoms with Gasteiger partial charge in [-0.05, 0) is 25.0 Å². The van der Waals surface area contributed by atoms with Crippen LogP contribution in [0.15, 0.2) is 18.2 Å². The van der Waals surface area contributed by atoms with E-state index < -0.39 is 11.6 Å². The van der Waals surface area contributed by atoms with Gasteiger partial charge >= 0.3 is 0 Å². The minimum Gasteiger partial charge on any atom is -0.394 e. The van der Waals surface area contributed by atoms with Crippen molar-refractivity contribution in [1.29, 1.82) is 0 Å². The second kappa shape index (κ2) is 6.79. The Balaban J connectivity index is 2.13. The molecule has 0 aliphatic carbocycles. The van der Waals surface area contributed by atoms with Gasteiger partial charge in [-0.2, -0.15) is 0 Å². The summed E-state index contributed by atoms with van der Waals surface area (Å²) >= 11 is 0. The third-order valence-electron chi connectivity index (χ3n) is 3.80. The number of aliphatic hydroxyl groups excluding tert-OH is 1. The molecule has 5 heteroatoms. The Bertz CT molecular complexity index is 459. The maximum absolute atomic E-state index is 13.6. The highest BCUT2D eigenvalue weighted by molar-refractivity contribution is 5.79. The highest BCUT2D eigenvalue weighted by atomic mass is 19.1. The van der Waals surface area contributed by atoms with Gasteiger partial charge in [-0.3, -0.25) is 4.79 Å². The lowest BCUT2D eigenvalue weighted by Gasteiger charge is -2.28. The average molecular weight is 283 g/mol. The van der Waals surface area contributed by atoms with E-state index in [9.17, 15) is 18.7 Å². The van der Waals surface area contributed by atoms with Crippen molar-refractivity contribution in [2.24, 2.45) is 0 Å². The van der Waals surface area contributed by atoms with Crippen molar-refractivity contribution in [3.05, 3.63) is 35.4 Å². The van der Waals surface area contributed by atoms with Crippen molar-refractivity contribution in [2.45, 2.75) is 38.1 Å². The van der Waals surface area contributed by atoms with E-state index in [0.717, 1.165) is 37.8 Å². The monoisotopic (exact) mass is 283 g/mol. The molecular formula is C15H19F2NO2. The first-order chi connectivity index (χ1) is 9.63. The van der Waals surface area contributed by atoms with E-state index in [4.69, 9.17) is 0 Å². The highest BCUT2D eigenvalue weighted by Gasteiger charge is 2.26. The summed E-state index contributed by atoms with van der Waals surface area (Å²) in [4.78, 5) is 13.8. The van der Waals surface area contributed by atoms with Gasteiger partial charge in [0.2, 0.25) is 5.91 Å². The van der Waals surface area contributed by atoms with Gasteiger partial charge in [-0.15, -0.1) is 0 Å². The molecule has 1 saturated heterocycles.